The largest absolute Gasteiger partial charge is 0.486 e. The molecule has 38 heavy (non-hydrogen) atoms. The third-order valence-corrected chi connectivity index (χ3v) is 7.64. The molecule has 1 saturated heterocycles. The second-order valence-electron chi connectivity index (χ2n) is 10.3. The molecule has 7 nitrogen and oxygen atoms in total. The molecule has 1 fully saturated rings. The molecule has 0 aliphatic carbocycles. The summed E-state index contributed by atoms with van der Waals surface area (Å²) in [5.41, 5.74) is 5.10. The summed E-state index contributed by atoms with van der Waals surface area (Å²) in [6.45, 7) is 7.71. The molecule has 0 radical (unpaired) electrons. The summed E-state index contributed by atoms with van der Waals surface area (Å²) >= 11 is 0. The van der Waals surface area contributed by atoms with Crippen molar-refractivity contribution in [1.82, 2.24) is 19.8 Å². The van der Waals surface area contributed by atoms with E-state index in [4.69, 9.17) is 9.47 Å². The Morgan fingerprint density at radius 3 is 2.61 bits per heavy atom. The first-order valence-corrected chi connectivity index (χ1v) is 13.5. The first-order chi connectivity index (χ1) is 18.6. The summed E-state index contributed by atoms with van der Waals surface area (Å²) < 4.78 is 13.3. The van der Waals surface area contributed by atoms with E-state index in [0.717, 1.165) is 78.2 Å². The highest BCUT2D eigenvalue weighted by atomic mass is 16.6. The van der Waals surface area contributed by atoms with Gasteiger partial charge < -0.3 is 24.3 Å². The van der Waals surface area contributed by atoms with Gasteiger partial charge in [-0.3, -0.25) is 9.78 Å². The number of ether oxygens (including phenoxy) is 2. The van der Waals surface area contributed by atoms with Crippen LogP contribution in [-0.2, 0) is 13.1 Å². The Kier molecular flexibility index (Phi) is 7.12. The fourth-order valence-electron chi connectivity index (χ4n) is 5.52. The van der Waals surface area contributed by atoms with Gasteiger partial charge in [0.2, 0.25) is 0 Å². The van der Waals surface area contributed by atoms with Crippen LogP contribution < -0.4 is 20.3 Å². The minimum atomic E-state index is 0.0275. The van der Waals surface area contributed by atoms with E-state index in [-0.39, 0.29) is 5.56 Å². The van der Waals surface area contributed by atoms with Crippen molar-refractivity contribution in [2.45, 2.75) is 38.9 Å². The third-order valence-electron chi connectivity index (χ3n) is 7.64. The molecular weight excluding hydrogens is 476 g/mol. The van der Waals surface area contributed by atoms with Crippen LogP contribution in [0, 0.1) is 6.92 Å². The first kappa shape index (κ1) is 24.6. The van der Waals surface area contributed by atoms with Crippen LogP contribution in [0.5, 0.6) is 11.5 Å². The highest BCUT2D eigenvalue weighted by Crippen LogP contribution is 2.31. The van der Waals surface area contributed by atoms with Gasteiger partial charge in [0.15, 0.2) is 11.5 Å². The van der Waals surface area contributed by atoms with E-state index in [0.29, 0.717) is 25.8 Å². The highest BCUT2D eigenvalue weighted by Gasteiger charge is 2.20. The van der Waals surface area contributed by atoms with E-state index in [2.05, 4.69) is 52.5 Å². The van der Waals surface area contributed by atoms with Gasteiger partial charge in [0.05, 0.1) is 11.2 Å². The highest BCUT2D eigenvalue weighted by molar-refractivity contribution is 5.94. The van der Waals surface area contributed by atoms with Crippen molar-refractivity contribution in [3.8, 4) is 22.8 Å². The molecule has 0 atom stereocenters. The van der Waals surface area contributed by atoms with Crippen molar-refractivity contribution in [3.05, 3.63) is 88.3 Å². The minimum absolute atomic E-state index is 0.0275. The maximum atomic E-state index is 13.3. The fraction of sp³-hybridized carbons (Fsp3) is 0.355. The van der Waals surface area contributed by atoms with Crippen molar-refractivity contribution in [2.75, 3.05) is 32.8 Å². The minimum Gasteiger partial charge on any atom is -0.486 e. The summed E-state index contributed by atoms with van der Waals surface area (Å²) in [4.78, 5) is 20.2. The standard InChI is InChI=1S/C31H34N4O3/c1-22-5-7-25-26(27-4-2-3-11-32-27)20-31(36)35(28(25)18-22)15-14-34-12-9-24(10-13-34)33-21-23-6-8-29-30(19-23)38-17-16-37-29/h2-8,11,18-20,24,33H,9-10,12-17,21H2,1H3. The van der Waals surface area contributed by atoms with Gasteiger partial charge in [-0.15, -0.1) is 0 Å². The number of aryl methyl sites for hydroxylation is 1. The number of nitrogens with zero attached hydrogens (tertiary/aromatic N) is 3. The van der Waals surface area contributed by atoms with E-state index in [1.807, 2.05) is 28.8 Å². The molecule has 2 aliphatic rings. The summed E-state index contributed by atoms with van der Waals surface area (Å²) in [7, 11) is 0. The molecule has 0 unspecified atom stereocenters. The maximum absolute atomic E-state index is 13.3. The number of hydrogen-bond donors (Lipinski definition) is 1. The van der Waals surface area contributed by atoms with Gasteiger partial charge >= 0.3 is 0 Å². The Bertz CT molecular complexity index is 1480. The van der Waals surface area contributed by atoms with Crippen LogP contribution >= 0.6 is 0 Å². The predicted octanol–water partition coefficient (Wildman–Crippen LogP) is 4.40. The lowest BCUT2D eigenvalue weighted by Crippen LogP contribution is -2.43. The molecule has 6 rings (SSSR count). The number of rotatable bonds is 7. The molecule has 0 spiro atoms. The Morgan fingerprint density at radius 2 is 1.79 bits per heavy atom. The number of nitrogens with one attached hydrogen (secondary N) is 1. The average Bonchev–Trinajstić information content (AvgIpc) is 2.96. The van der Waals surface area contributed by atoms with Crippen molar-refractivity contribution in [3.63, 3.8) is 0 Å². The van der Waals surface area contributed by atoms with E-state index in [1.165, 1.54) is 5.56 Å². The summed E-state index contributed by atoms with van der Waals surface area (Å²) in [6, 6.07) is 20.6. The molecule has 2 aromatic carbocycles. The smallest absolute Gasteiger partial charge is 0.251 e. The predicted molar refractivity (Wildman–Crippen MR) is 150 cm³/mol. The van der Waals surface area contributed by atoms with Gasteiger partial charge in [-0.2, -0.15) is 0 Å². The average molecular weight is 511 g/mol. The number of piperidine rings is 1. The van der Waals surface area contributed by atoms with Gasteiger partial charge in [-0.25, -0.2) is 0 Å². The molecule has 0 bridgehead atoms. The lowest BCUT2D eigenvalue weighted by molar-refractivity contribution is 0.171. The SMILES string of the molecule is Cc1ccc2c(-c3ccccn3)cc(=O)n(CCN3CCC(NCc4ccc5c(c4)OCCO5)CC3)c2c1. The number of pyridine rings is 2. The monoisotopic (exact) mass is 510 g/mol. The zero-order valence-corrected chi connectivity index (χ0v) is 21.9. The number of aromatic nitrogens is 2. The zero-order valence-electron chi connectivity index (χ0n) is 21.9. The van der Waals surface area contributed by atoms with Crippen LogP contribution in [-0.4, -0.2) is 53.3 Å². The van der Waals surface area contributed by atoms with E-state index < -0.39 is 0 Å². The zero-order chi connectivity index (χ0) is 25.9. The topological polar surface area (TPSA) is 68.6 Å². The van der Waals surface area contributed by atoms with Crippen LogP contribution in [0.4, 0.5) is 0 Å². The Balaban J connectivity index is 1.08. The van der Waals surface area contributed by atoms with Gasteiger partial charge in [-0.1, -0.05) is 24.3 Å². The molecule has 0 amide bonds. The Morgan fingerprint density at radius 1 is 0.947 bits per heavy atom. The van der Waals surface area contributed by atoms with Crippen LogP contribution in [0.3, 0.4) is 0 Å². The Hall–Kier alpha value is -3.68. The van der Waals surface area contributed by atoms with Gasteiger partial charge in [0, 0.05) is 48.9 Å². The van der Waals surface area contributed by atoms with Gasteiger partial charge in [-0.05, 0) is 74.3 Å². The van der Waals surface area contributed by atoms with E-state index in [1.54, 1.807) is 12.3 Å². The molecule has 4 heterocycles. The quantitative estimate of drug-likeness (QED) is 0.398. The molecule has 2 aromatic heterocycles. The Labute approximate surface area is 223 Å². The first-order valence-electron chi connectivity index (χ1n) is 13.5. The molecular formula is C31H34N4O3. The molecule has 2 aliphatic heterocycles. The van der Waals surface area contributed by atoms with Crippen molar-refractivity contribution < 1.29 is 9.47 Å². The van der Waals surface area contributed by atoms with Crippen LogP contribution in [0.15, 0.2) is 71.7 Å². The number of benzene rings is 2. The molecule has 7 heteroatoms. The third kappa shape index (κ3) is 5.30. The van der Waals surface area contributed by atoms with Crippen molar-refractivity contribution >= 4 is 10.9 Å². The maximum Gasteiger partial charge on any atom is 0.251 e. The van der Waals surface area contributed by atoms with Crippen molar-refractivity contribution in [2.24, 2.45) is 0 Å². The number of likely N-dealkylation sites (tertiary alicyclic amines) is 1. The van der Waals surface area contributed by atoms with Crippen LogP contribution in [0.2, 0.25) is 0 Å². The lowest BCUT2D eigenvalue weighted by Gasteiger charge is -2.32. The number of hydrogen-bond acceptors (Lipinski definition) is 6. The van der Waals surface area contributed by atoms with E-state index in [9.17, 15) is 4.79 Å². The fourth-order valence-corrected chi connectivity index (χ4v) is 5.52. The molecule has 1 N–H and O–H groups in total. The molecule has 4 aromatic rings. The summed E-state index contributed by atoms with van der Waals surface area (Å²) in [5, 5.41) is 4.78. The number of fused-ring (bicyclic) bond motifs is 2. The molecule has 196 valence electrons. The summed E-state index contributed by atoms with van der Waals surface area (Å²) in [5.74, 6) is 1.68. The van der Waals surface area contributed by atoms with Crippen LogP contribution in [0.25, 0.3) is 22.2 Å². The van der Waals surface area contributed by atoms with Crippen LogP contribution in [0.1, 0.15) is 24.0 Å². The van der Waals surface area contributed by atoms with Gasteiger partial charge in [0.1, 0.15) is 13.2 Å². The van der Waals surface area contributed by atoms with Gasteiger partial charge in [0.25, 0.3) is 5.56 Å². The summed E-state index contributed by atoms with van der Waals surface area (Å²) in [6.07, 6.45) is 3.96. The normalized spacial score (nSPS) is 16.1. The molecule has 0 saturated carbocycles. The second-order valence-corrected chi connectivity index (χ2v) is 10.3. The van der Waals surface area contributed by atoms with E-state index >= 15 is 0 Å². The van der Waals surface area contributed by atoms with Crippen molar-refractivity contribution in [1.29, 1.82) is 0 Å². The second kappa shape index (κ2) is 11.0. The lowest BCUT2D eigenvalue weighted by atomic mass is 10.0.